The second kappa shape index (κ2) is 9.25. The average Bonchev–Trinajstić information content (AvgIpc) is 3.20. The lowest BCUT2D eigenvalue weighted by Crippen LogP contribution is -2.44. The van der Waals surface area contributed by atoms with Gasteiger partial charge in [-0.2, -0.15) is 0 Å². The lowest BCUT2D eigenvalue weighted by Gasteiger charge is -2.20. The maximum absolute atomic E-state index is 13.1. The van der Waals surface area contributed by atoms with Gasteiger partial charge in [-0.25, -0.2) is 4.68 Å². The zero-order valence-corrected chi connectivity index (χ0v) is 19.7. The molecule has 1 aliphatic carbocycles. The van der Waals surface area contributed by atoms with Crippen molar-refractivity contribution >= 4 is 11.8 Å². The molecule has 1 aromatic carbocycles. The highest BCUT2D eigenvalue weighted by Gasteiger charge is 2.40. The van der Waals surface area contributed by atoms with Crippen LogP contribution >= 0.6 is 0 Å². The van der Waals surface area contributed by atoms with Crippen LogP contribution in [-0.4, -0.2) is 70.7 Å². The molecule has 10 nitrogen and oxygen atoms in total. The Hall–Kier alpha value is -3.14. The molecule has 2 aromatic rings. The maximum atomic E-state index is 13.1. The van der Waals surface area contributed by atoms with Gasteiger partial charge in [0.2, 0.25) is 5.91 Å². The van der Waals surface area contributed by atoms with Crippen LogP contribution in [0.25, 0.3) is 0 Å². The van der Waals surface area contributed by atoms with Gasteiger partial charge < -0.3 is 24.4 Å². The summed E-state index contributed by atoms with van der Waals surface area (Å²) in [4.78, 5) is 27.8. The number of carbonyl (C=O) groups is 2. The van der Waals surface area contributed by atoms with Crippen molar-refractivity contribution in [2.75, 3.05) is 26.8 Å². The monoisotopic (exact) mass is 469 g/mol. The lowest BCUT2D eigenvalue weighted by atomic mass is 10.0. The second-order valence-electron chi connectivity index (χ2n) is 9.73. The standard InChI is InChI=1S/C24H31N5O5/c1-24(7-8-24)6-5-22(30)28-13-18-21(14-28)34-15-17-12-29(27-26-17)9-10-33-20-11-16(23(31)25-18)3-4-19(20)32-2/h3-4,11-12,18,21H,5-10,13-15H2,1-2H3,(H,25,31)/t18-,21-/m0/s1. The van der Waals surface area contributed by atoms with E-state index in [9.17, 15) is 9.59 Å². The number of fused-ring (bicyclic) bond motifs is 5. The van der Waals surface area contributed by atoms with Gasteiger partial charge in [-0.15, -0.1) is 5.10 Å². The van der Waals surface area contributed by atoms with Crippen LogP contribution in [0.2, 0.25) is 0 Å². The number of likely N-dealkylation sites (tertiary alicyclic amines) is 1. The topological polar surface area (TPSA) is 108 Å². The minimum Gasteiger partial charge on any atom is -0.493 e. The van der Waals surface area contributed by atoms with Crippen LogP contribution < -0.4 is 14.8 Å². The molecule has 4 bridgehead atoms. The van der Waals surface area contributed by atoms with Gasteiger partial charge in [0.15, 0.2) is 11.5 Å². The molecule has 2 fully saturated rings. The number of hydrogen-bond acceptors (Lipinski definition) is 7. The molecule has 5 rings (SSSR count). The van der Waals surface area contributed by atoms with E-state index in [1.54, 1.807) is 30.0 Å². The zero-order chi connectivity index (χ0) is 23.7. The molecular formula is C24H31N5O5. The SMILES string of the molecule is COc1ccc2cc1OCCn1cc(nn1)CO[C@H]1CN(C(=O)CCC3(C)CC3)C[C@@H]1NC2=O. The Morgan fingerprint density at radius 3 is 2.97 bits per heavy atom. The molecule has 1 saturated heterocycles. The van der Waals surface area contributed by atoms with Crippen molar-refractivity contribution in [1.29, 1.82) is 0 Å². The summed E-state index contributed by atoms with van der Waals surface area (Å²) < 4.78 is 19.1. The molecular weight excluding hydrogens is 438 g/mol. The Kier molecular flexibility index (Phi) is 6.16. The van der Waals surface area contributed by atoms with E-state index in [1.165, 1.54) is 12.8 Å². The van der Waals surface area contributed by atoms with Gasteiger partial charge in [-0.3, -0.25) is 9.59 Å². The summed E-state index contributed by atoms with van der Waals surface area (Å²) in [5, 5.41) is 11.4. The fraction of sp³-hybridized carbons (Fsp3) is 0.583. The molecule has 2 amide bonds. The summed E-state index contributed by atoms with van der Waals surface area (Å²) in [6.45, 7) is 4.16. The smallest absolute Gasteiger partial charge is 0.251 e. The number of aromatic nitrogens is 3. The van der Waals surface area contributed by atoms with E-state index in [1.807, 2.05) is 11.1 Å². The number of amides is 2. The molecule has 182 valence electrons. The van der Waals surface area contributed by atoms with Crippen LogP contribution in [0, 0.1) is 5.41 Å². The number of nitrogens with zero attached hydrogens (tertiary/aromatic N) is 4. The molecule has 10 heteroatoms. The first-order chi connectivity index (χ1) is 16.4. The fourth-order valence-electron chi connectivity index (χ4n) is 4.45. The first-order valence-corrected chi connectivity index (χ1v) is 11.8. The maximum Gasteiger partial charge on any atom is 0.251 e. The predicted octanol–water partition coefficient (Wildman–Crippen LogP) is 1.79. The van der Waals surface area contributed by atoms with Gasteiger partial charge >= 0.3 is 0 Å². The highest BCUT2D eigenvalue weighted by atomic mass is 16.5. The van der Waals surface area contributed by atoms with Gasteiger partial charge in [0.1, 0.15) is 12.3 Å². The fourth-order valence-corrected chi connectivity index (χ4v) is 4.45. The summed E-state index contributed by atoms with van der Waals surface area (Å²) in [6, 6.07) is 4.75. The van der Waals surface area contributed by atoms with E-state index in [-0.39, 0.29) is 30.6 Å². The molecule has 3 aliphatic rings. The Labute approximate surface area is 198 Å². The second-order valence-corrected chi connectivity index (χ2v) is 9.73. The van der Waals surface area contributed by atoms with Crippen LogP contribution in [0.4, 0.5) is 0 Å². The van der Waals surface area contributed by atoms with Crippen LogP contribution in [0.3, 0.4) is 0 Å². The van der Waals surface area contributed by atoms with E-state index >= 15 is 0 Å². The highest BCUT2D eigenvalue weighted by molar-refractivity contribution is 5.95. The molecule has 34 heavy (non-hydrogen) atoms. The number of rotatable bonds is 4. The molecule has 0 radical (unpaired) electrons. The van der Waals surface area contributed by atoms with Crippen molar-refractivity contribution in [1.82, 2.24) is 25.2 Å². The number of methoxy groups -OCH3 is 1. The molecule has 1 saturated carbocycles. The number of nitrogens with one attached hydrogen (secondary N) is 1. The van der Waals surface area contributed by atoms with Gasteiger partial charge in [-0.05, 0) is 42.9 Å². The van der Waals surface area contributed by atoms with Gasteiger partial charge in [0.05, 0.1) is 38.6 Å². The van der Waals surface area contributed by atoms with Crippen molar-refractivity contribution < 1.29 is 23.8 Å². The molecule has 3 heterocycles. The Morgan fingerprint density at radius 2 is 2.18 bits per heavy atom. The Bertz CT molecular complexity index is 1070. The van der Waals surface area contributed by atoms with Crippen molar-refractivity contribution in [3.8, 4) is 11.5 Å². The minimum absolute atomic E-state index is 0.110. The van der Waals surface area contributed by atoms with E-state index in [2.05, 4.69) is 22.6 Å². The Balaban J connectivity index is 1.36. The summed E-state index contributed by atoms with van der Waals surface area (Å²) in [6.07, 6.45) is 5.30. The van der Waals surface area contributed by atoms with Crippen LogP contribution in [0.1, 0.15) is 48.7 Å². The average molecular weight is 470 g/mol. The normalized spacial score (nSPS) is 23.7. The van der Waals surface area contributed by atoms with Crippen molar-refractivity contribution in [3.05, 3.63) is 35.7 Å². The first-order valence-electron chi connectivity index (χ1n) is 11.8. The zero-order valence-electron chi connectivity index (χ0n) is 19.7. The molecule has 1 aromatic heterocycles. The third kappa shape index (κ3) is 5.01. The van der Waals surface area contributed by atoms with Gasteiger partial charge in [0.25, 0.3) is 5.91 Å². The van der Waals surface area contributed by atoms with Crippen LogP contribution in [-0.2, 0) is 22.7 Å². The number of ether oxygens (including phenoxy) is 3. The van der Waals surface area contributed by atoms with E-state index in [4.69, 9.17) is 14.2 Å². The van der Waals surface area contributed by atoms with Crippen LogP contribution in [0.5, 0.6) is 11.5 Å². The third-order valence-electron chi connectivity index (χ3n) is 7.02. The summed E-state index contributed by atoms with van der Waals surface area (Å²) in [7, 11) is 1.56. The van der Waals surface area contributed by atoms with E-state index in [0.717, 1.165) is 6.42 Å². The molecule has 2 atom stereocenters. The Morgan fingerprint density at radius 1 is 1.32 bits per heavy atom. The van der Waals surface area contributed by atoms with Crippen LogP contribution in [0.15, 0.2) is 24.4 Å². The molecule has 0 unspecified atom stereocenters. The number of benzene rings is 1. The van der Waals surface area contributed by atoms with Crippen molar-refractivity contribution in [2.24, 2.45) is 5.41 Å². The van der Waals surface area contributed by atoms with Gasteiger partial charge in [-0.1, -0.05) is 12.1 Å². The van der Waals surface area contributed by atoms with E-state index in [0.29, 0.717) is 60.8 Å². The quantitative estimate of drug-likeness (QED) is 0.727. The van der Waals surface area contributed by atoms with E-state index < -0.39 is 0 Å². The van der Waals surface area contributed by atoms with Crippen molar-refractivity contribution in [2.45, 2.75) is 57.9 Å². The predicted molar refractivity (Wildman–Crippen MR) is 121 cm³/mol. The van der Waals surface area contributed by atoms with Gasteiger partial charge in [0, 0.05) is 25.1 Å². The third-order valence-corrected chi connectivity index (χ3v) is 7.02. The summed E-state index contributed by atoms with van der Waals surface area (Å²) in [5.74, 6) is 0.891. The largest absolute Gasteiger partial charge is 0.493 e. The minimum atomic E-state index is -0.339. The number of hydrogen-bond donors (Lipinski definition) is 1. The first kappa shape index (κ1) is 22.6. The summed E-state index contributed by atoms with van der Waals surface area (Å²) in [5.41, 5.74) is 1.46. The number of carbonyl (C=O) groups excluding carboxylic acids is 2. The molecule has 1 N–H and O–H groups in total. The molecule has 2 aliphatic heterocycles. The lowest BCUT2D eigenvalue weighted by molar-refractivity contribution is -0.131. The molecule has 0 spiro atoms. The van der Waals surface area contributed by atoms with Crippen molar-refractivity contribution in [3.63, 3.8) is 0 Å². The highest BCUT2D eigenvalue weighted by Crippen LogP contribution is 2.49. The summed E-state index contributed by atoms with van der Waals surface area (Å²) >= 11 is 0.